The van der Waals surface area contributed by atoms with Gasteiger partial charge in [0.05, 0.1) is 11.5 Å². The molecular formula is C11H21NO2S. The molecule has 1 fully saturated rings. The molecule has 1 aliphatic rings. The van der Waals surface area contributed by atoms with Gasteiger partial charge in [0.25, 0.3) is 0 Å². The molecule has 0 aromatic carbocycles. The number of allylic oxidation sites excluding steroid dienone is 1. The molecule has 1 aliphatic heterocycles. The lowest BCUT2D eigenvalue weighted by Crippen LogP contribution is -2.40. The van der Waals surface area contributed by atoms with Gasteiger partial charge in [0.2, 0.25) is 0 Å². The first-order chi connectivity index (χ1) is 6.94. The van der Waals surface area contributed by atoms with Crippen molar-refractivity contribution in [2.45, 2.75) is 38.8 Å². The van der Waals surface area contributed by atoms with Crippen molar-refractivity contribution < 1.29 is 8.42 Å². The van der Waals surface area contributed by atoms with Crippen LogP contribution in [0.15, 0.2) is 12.7 Å². The lowest BCUT2D eigenvalue weighted by molar-refractivity contribution is 0.368. The van der Waals surface area contributed by atoms with Crippen LogP contribution in [0.1, 0.15) is 26.7 Å². The van der Waals surface area contributed by atoms with E-state index in [1.807, 2.05) is 6.08 Å². The van der Waals surface area contributed by atoms with Gasteiger partial charge >= 0.3 is 0 Å². The van der Waals surface area contributed by atoms with Gasteiger partial charge < -0.3 is 5.32 Å². The van der Waals surface area contributed by atoms with Gasteiger partial charge in [-0.15, -0.1) is 6.58 Å². The third kappa shape index (κ3) is 3.95. The van der Waals surface area contributed by atoms with Crippen LogP contribution in [0.2, 0.25) is 0 Å². The van der Waals surface area contributed by atoms with Crippen molar-refractivity contribution >= 4 is 9.84 Å². The SMILES string of the molecule is C=CCC(C)C(C)NC1CCS(=O)(=O)C1. The smallest absolute Gasteiger partial charge is 0.151 e. The van der Waals surface area contributed by atoms with Crippen molar-refractivity contribution in [2.24, 2.45) is 5.92 Å². The number of hydrogen-bond acceptors (Lipinski definition) is 3. The fraction of sp³-hybridized carbons (Fsp3) is 0.818. The molecule has 3 atom stereocenters. The quantitative estimate of drug-likeness (QED) is 0.727. The Morgan fingerprint density at radius 2 is 2.20 bits per heavy atom. The Morgan fingerprint density at radius 3 is 2.67 bits per heavy atom. The average molecular weight is 231 g/mol. The van der Waals surface area contributed by atoms with Crippen LogP contribution in [0.5, 0.6) is 0 Å². The van der Waals surface area contributed by atoms with E-state index in [4.69, 9.17) is 0 Å². The van der Waals surface area contributed by atoms with E-state index in [9.17, 15) is 8.42 Å². The second-order valence-corrected chi connectivity index (χ2v) is 6.79. The summed E-state index contributed by atoms with van der Waals surface area (Å²) in [6.45, 7) is 7.98. The van der Waals surface area contributed by atoms with Crippen LogP contribution in [0.4, 0.5) is 0 Å². The normalized spacial score (nSPS) is 28.5. The molecule has 4 heteroatoms. The molecule has 88 valence electrons. The summed E-state index contributed by atoms with van der Waals surface area (Å²) >= 11 is 0. The van der Waals surface area contributed by atoms with Crippen molar-refractivity contribution in [3.63, 3.8) is 0 Å². The molecular weight excluding hydrogens is 210 g/mol. The Morgan fingerprint density at radius 1 is 1.53 bits per heavy atom. The summed E-state index contributed by atoms with van der Waals surface area (Å²) < 4.78 is 22.5. The minimum absolute atomic E-state index is 0.150. The van der Waals surface area contributed by atoms with E-state index in [2.05, 4.69) is 25.7 Å². The van der Waals surface area contributed by atoms with Crippen LogP contribution in [-0.2, 0) is 9.84 Å². The fourth-order valence-electron chi connectivity index (χ4n) is 1.93. The van der Waals surface area contributed by atoms with Crippen molar-refractivity contribution in [1.82, 2.24) is 5.32 Å². The second kappa shape index (κ2) is 5.12. The largest absolute Gasteiger partial charge is 0.310 e. The molecule has 1 saturated heterocycles. The summed E-state index contributed by atoms with van der Waals surface area (Å²) in [5.74, 6) is 1.15. The number of sulfone groups is 1. The molecule has 0 spiro atoms. The van der Waals surface area contributed by atoms with Crippen LogP contribution >= 0.6 is 0 Å². The molecule has 3 nitrogen and oxygen atoms in total. The van der Waals surface area contributed by atoms with E-state index in [0.29, 0.717) is 23.5 Å². The van der Waals surface area contributed by atoms with Gasteiger partial charge in [-0.25, -0.2) is 8.42 Å². The van der Waals surface area contributed by atoms with Gasteiger partial charge in [-0.1, -0.05) is 13.0 Å². The summed E-state index contributed by atoms with van der Waals surface area (Å²) in [6.07, 6.45) is 3.63. The summed E-state index contributed by atoms with van der Waals surface area (Å²) in [5.41, 5.74) is 0. The molecule has 15 heavy (non-hydrogen) atoms. The van der Waals surface area contributed by atoms with Gasteiger partial charge in [0.1, 0.15) is 0 Å². The van der Waals surface area contributed by atoms with Gasteiger partial charge in [0, 0.05) is 12.1 Å². The molecule has 0 aromatic heterocycles. The summed E-state index contributed by atoms with van der Waals surface area (Å²) in [7, 11) is -2.76. The molecule has 1 N–H and O–H groups in total. The number of nitrogens with one attached hydrogen (secondary N) is 1. The molecule has 0 aromatic rings. The lowest BCUT2D eigenvalue weighted by Gasteiger charge is -2.23. The Labute approximate surface area is 92.9 Å². The Kier molecular flexibility index (Phi) is 4.34. The first kappa shape index (κ1) is 12.7. The summed E-state index contributed by atoms with van der Waals surface area (Å²) in [5, 5.41) is 3.39. The maximum absolute atomic E-state index is 11.3. The maximum Gasteiger partial charge on any atom is 0.151 e. The third-order valence-electron chi connectivity index (χ3n) is 3.12. The zero-order valence-corrected chi connectivity index (χ0v) is 10.4. The zero-order chi connectivity index (χ0) is 11.5. The highest BCUT2D eigenvalue weighted by Crippen LogP contribution is 2.15. The predicted molar refractivity (Wildman–Crippen MR) is 63.6 cm³/mol. The molecule has 1 heterocycles. The van der Waals surface area contributed by atoms with E-state index in [1.54, 1.807) is 0 Å². The van der Waals surface area contributed by atoms with Crippen molar-refractivity contribution in [3.05, 3.63) is 12.7 Å². The second-order valence-electron chi connectivity index (χ2n) is 4.56. The Bertz CT molecular complexity index is 311. The van der Waals surface area contributed by atoms with Crippen molar-refractivity contribution in [2.75, 3.05) is 11.5 Å². The van der Waals surface area contributed by atoms with Crippen LogP contribution in [0, 0.1) is 5.92 Å². The molecule has 0 radical (unpaired) electrons. The van der Waals surface area contributed by atoms with Gasteiger partial charge in [0.15, 0.2) is 9.84 Å². The highest BCUT2D eigenvalue weighted by atomic mass is 32.2. The topological polar surface area (TPSA) is 46.2 Å². The lowest BCUT2D eigenvalue weighted by atomic mass is 9.99. The number of hydrogen-bond donors (Lipinski definition) is 1. The molecule has 0 bridgehead atoms. The van der Waals surface area contributed by atoms with Gasteiger partial charge in [-0.05, 0) is 25.7 Å². The first-order valence-electron chi connectivity index (χ1n) is 5.52. The van der Waals surface area contributed by atoms with E-state index in [-0.39, 0.29) is 6.04 Å². The minimum Gasteiger partial charge on any atom is -0.310 e. The van der Waals surface area contributed by atoms with Crippen LogP contribution in [-0.4, -0.2) is 32.0 Å². The zero-order valence-electron chi connectivity index (χ0n) is 9.57. The molecule has 0 saturated carbocycles. The molecule has 3 unspecified atom stereocenters. The van der Waals surface area contributed by atoms with Gasteiger partial charge in [-0.2, -0.15) is 0 Å². The molecule has 0 aliphatic carbocycles. The van der Waals surface area contributed by atoms with E-state index < -0.39 is 9.84 Å². The van der Waals surface area contributed by atoms with Gasteiger partial charge in [-0.3, -0.25) is 0 Å². The van der Waals surface area contributed by atoms with E-state index in [1.165, 1.54) is 0 Å². The van der Waals surface area contributed by atoms with Crippen LogP contribution in [0.3, 0.4) is 0 Å². The standard InChI is InChI=1S/C11H21NO2S/c1-4-5-9(2)10(3)12-11-6-7-15(13,14)8-11/h4,9-12H,1,5-8H2,2-3H3. The summed E-state index contributed by atoms with van der Waals surface area (Å²) in [4.78, 5) is 0. The van der Waals surface area contributed by atoms with Crippen LogP contribution in [0.25, 0.3) is 0 Å². The maximum atomic E-state index is 11.3. The fourth-order valence-corrected chi connectivity index (χ4v) is 3.62. The first-order valence-corrected chi connectivity index (χ1v) is 7.34. The van der Waals surface area contributed by atoms with E-state index >= 15 is 0 Å². The third-order valence-corrected chi connectivity index (χ3v) is 4.89. The monoisotopic (exact) mass is 231 g/mol. The molecule has 1 rings (SSSR count). The minimum atomic E-state index is -2.76. The predicted octanol–water partition coefficient (Wildman–Crippen LogP) is 1.36. The number of rotatable bonds is 5. The highest BCUT2D eigenvalue weighted by molar-refractivity contribution is 7.91. The summed E-state index contributed by atoms with van der Waals surface area (Å²) in [6, 6.07) is 0.499. The Balaban J connectivity index is 2.39. The van der Waals surface area contributed by atoms with Crippen LogP contribution < -0.4 is 5.32 Å². The molecule has 0 amide bonds. The Hall–Kier alpha value is -0.350. The highest BCUT2D eigenvalue weighted by Gasteiger charge is 2.29. The van der Waals surface area contributed by atoms with Crippen molar-refractivity contribution in [3.8, 4) is 0 Å². The van der Waals surface area contributed by atoms with E-state index in [0.717, 1.165) is 12.8 Å². The van der Waals surface area contributed by atoms with Crippen molar-refractivity contribution in [1.29, 1.82) is 0 Å². The average Bonchev–Trinajstić information content (AvgIpc) is 2.46.